The summed E-state index contributed by atoms with van der Waals surface area (Å²) in [6.45, 7) is 1.96. The van der Waals surface area contributed by atoms with Crippen LogP contribution in [0.3, 0.4) is 0 Å². The molecule has 1 aromatic heterocycles. The first kappa shape index (κ1) is 15.8. The van der Waals surface area contributed by atoms with Crippen LogP contribution in [0.1, 0.15) is 38.4 Å². The fraction of sp³-hybridized carbons (Fsp3) is 0.200. The Labute approximate surface area is 149 Å². The Hall–Kier alpha value is -2.66. The number of aryl methyl sites for hydroxylation is 1. The monoisotopic (exact) mass is 350 g/mol. The van der Waals surface area contributed by atoms with Crippen LogP contribution in [-0.2, 0) is 0 Å². The van der Waals surface area contributed by atoms with E-state index in [0.29, 0.717) is 16.1 Å². The van der Waals surface area contributed by atoms with E-state index >= 15 is 0 Å². The number of rotatable bonds is 4. The summed E-state index contributed by atoms with van der Waals surface area (Å²) in [5, 5.41) is 6.98. The molecule has 1 aliphatic rings. The molecule has 0 radical (unpaired) electrons. The van der Waals surface area contributed by atoms with Gasteiger partial charge in [-0.05, 0) is 48.9 Å². The van der Waals surface area contributed by atoms with Crippen molar-refractivity contribution >= 4 is 38.9 Å². The molecule has 2 aromatic carbocycles. The molecule has 0 bridgehead atoms. The number of benzene rings is 2. The van der Waals surface area contributed by atoms with Crippen molar-refractivity contribution in [3.8, 4) is 0 Å². The quantitative estimate of drug-likeness (QED) is 0.735. The predicted molar refractivity (Wildman–Crippen MR) is 101 cm³/mol. The Kier molecular flexibility index (Phi) is 4.01. The molecule has 5 heteroatoms. The molecule has 4 rings (SSSR count). The molecule has 1 heterocycles. The van der Waals surface area contributed by atoms with Crippen LogP contribution in [0.4, 0.5) is 5.69 Å². The number of hydrogen-bond donors (Lipinski definition) is 2. The van der Waals surface area contributed by atoms with Gasteiger partial charge in [-0.3, -0.25) is 9.59 Å². The molecule has 4 nitrogen and oxygen atoms in total. The van der Waals surface area contributed by atoms with Crippen LogP contribution in [0.5, 0.6) is 0 Å². The molecule has 25 heavy (non-hydrogen) atoms. The van der Waals surface area contributed by atoms with Crippen LogP contribution in [0.15, 0.2) is 48.5 Å². The van der Waals surface area contributed by atoms with Gasteiger partial charge in [-0.2, -0.15) is 0 Å². The largest absolute Gasteiger partial charge is 0.349 e. The summed E-state index contributed by atoms with van der Waals surface area (Å²) < 4.78 is 1.09. The molecule has 3 aromatic rings. The highest BCUT2D eigenvalue weighted by atomic mass is 32.1. The summed E-state index contributed by atoms with van der Waals surface area (Å²) in [7, 11) is 0. The number of anilines is 1. The van der Waals surface area contributed by atoms with E-state index in [4.69, 9.17) is 0 Å². The SMILES string of the molecule is Cc1c(C(=O)Nc2ccccc2C(=O)NC2CC2)sc2ccccc12. The zero-order valence-corrected chi connectivity index (χ0v) is 14.7. The third-order valence-electron chi connectivity index (χ3n) is 4.38. The first-order valence-electron chi connectivity index (χ1n) is 8.33. The van der Waals surface area contributed by atoms with E-state index in [9.17, 15) is 9.59 Å². The minimum absolute atomic E-state index is 0.133. The number of amides is 2. The lowest BCUT2D eigenvalue weighted by Crippen LogP contribution is -2.26. The maximum atomic E-state index is 12.8. The zero-order chi connectivity index (χ0) is 17.4. The van der Waals surface area contributed by atoms with Gasteiger partial charge in [0.15, 0.2) is 0 Å². The topological polar surface area (TPSA) is 58.2 Å². The number of carbonyl (C=O) groups is 2. The lowest BCUT2D eigenvalue weighted by atomic mass is 10.1. The molecule has 0 saturated heterocycles. The van der Waals surface area contributed by atoms with E-state index in [-0.39, 0.29) is 17.9 Å². The second kappa shape index (κ2) is 6.33. The Morgan fingerprint density at radius 1 is 1.00 bits per heavy atom. The van der Waals surface area contributed by atoms with Crippen molar-refractivity contribution in [2.24, 2.45) is 0 Å². The van der Waals surface area contributed by atoms with Gasteiger partial charge in [-0.1, -0.05) is 30.3 Å². The molecular formula is C20H18N2O2S. The third-order valence-corrected chi connectivity index (χ3v) is 5.65. The second-order valence-corrected chi connectivity index (χ2v) is 7.35. The molecule has 2 amide bonds. The van der Waals surface area contributed by atoms with Crippen LogP contribution in [0.2, 0.25) is 0 Å². The molecule has 1 fully saturated rings. The predicted octanol–water partition coefficient (Wildman–Crippen LogP) is 4.35. The van der Waals surface area contributed by atoms with Gasteiger partial charge in [-0.25, -0.2) is 0 Å². The summed E-state index contributed by atoms with van der Waals surface area (Å²) in [6.07, 6.45) is 2.06. The number of carbonyl (C=O) groups excluding carboxylic acids is 2. The minimum Gasteiger partial charge on any atom is -0.349 e. The highest BCUT2D eigenvalue weighted by Crippen LogP contribution is 2.31. The second-order valence-electron chi connectivity index (χ2n) is 6.30. The fourth-order valence-electron chi connectivity index (χ4n) is 2.85. The molecule has 0 aliphatic heterocycles. The summed E-state index contributed by atoms with van der Waals surface area (Å²) in [4.78, 5) is 25.8. The van der Waals surface area contributed by atoms with Crippen molar-refractivity contribution in [3.63, 3.8) is 0 Å². The van der Waals surface area contributed by atoms with Crippen molar-refractivity contribution in [2.75, 3.05) is 5.32 Å². The van der Waals surface area contributed by atoms with E-state index < -0.39 is 0 Å². The Morgan fingerprint density at radius 2 is 1.72 bits per heavy atom. The number of fused-ring (bicyclic) bond motifs is 1. The molecule has 1 saturated carbocycles. The lowest BCUT2D eigenvalue weighted by Gasteiger charge is -2.11. The normalized spacial score (nSPS) is 13.6. The van der Waals surface area contributed by atoms with Gasteiger partial charge in [0.2, 0.25) is 0 Å². The van der Waals surface area contributed by atoms with Crippen LogP contribution in [0, 0.1) is 6.92 Å². The van der Waals surface area contributed by atoms with E-state index in [1.165, 1.54) is 11.3 Å². The fourth-order valence-corrected chi connectivity index (χ4v) is 3.96. The van der Waals surface area contributed by atoms with Gasteiger partial charge in [-0.15, -0.1) is 11.3 Å². The highest BCUT2D eigenvalue weighted by Gasteiger charge is 2.25. The van der Waals surface area contributed by atoms with Crippen LogP contribution in [0.25, 0.3) is 10.1 Å². The van der Waals surface area contributed by atoms with Crippen molar-refractivity contribution in [1.82, 2.24) is 5.32 Å². The maximum Gasteiger partial charge on any atom is 0.266 e. The average Bonchev–Trinajstić information content (AvgIpc) is 3.37. The van der Waals surface area contributed by atoms with E-state index in [0.717, 1.165) is 28.5 Å². The summed E-state index contributed by atoms with van der Waals surface area (Å²) in [6, 6.07) is 15.4. The Balaban J connectivity index is 1.62. The number of para-hydroxylation sites is 1. The molecule has 0 spiro atoms. The van der Waals surface area contributed by atoms with Crippen LogP contribution >= 0.6 is 11.3 Å². The molecule has 126 valence electrons. The van der Waals surface area contributed by atoms with Crippen molar-refractivity contribution in [3.05, 3.63) is 64.5 Å². The standard InChI is InChI=1S/C20H18N2O2S/c1-12-14-6-3-5-9-17(14)25-18(12)20(24)22-16-8-4-2-7-15(16)19(23)21-13-10-11-13/h2-9,13H,10-11H2,1H3,(H,21,23)(H,22,24). The van der Waals surface area contributed by atoms with E-state index in [1.807, 2.05) is 43.3 Å². The van der Waals surface area contributed by atoms with E-state index in [1.54, 1.807) is 12.1 Å². The van der Waals surface area contributed by atoms with Gasteiger partial charge in [0.25, 0.3) is 11.8 Å². The van der Waals surface area contributed by atoms with Crippen LogP contribution in [-0.4, -0.2) is 17.9 Å². The van der Waals surface area contributed by atoms with Crippen molar-refractivity contribution in [2.45, 2.75) is 25.8 Å². The molecule has 1 aliphatic carbocycles. The van der Waals surface area contributed by atoms with E-state index in [2.05, 4.69) is 10.6 Å². The smallest absolute Gasteiger partial charge is 0.266 e. The summed E-state index contributed by atoms with van der Waals surface area (Å²) in [5.41, 5.74) is 2.02. The van der Waals surface area contributed by atoms with Gasteiger partial charge < -0.3 is 10.6 Å². The molecule has 0 atom stereocenters. The van der Waals surface area contributed by atoms with Gasteiger partial charge in [0.1, 0.15) is 0 Å². The Morgan fingerprint density at radius 3 is 2.48 bits per heavy atom. The van der Waals surface area contributed by atoms with Gasteiger partial charge >= 0.3 is 0 Å². The first-order chi connectivity index (χ1) is 12.1. The summed E-state index contributed by atoms with van der Waals surface area (Å²) in [5.74, 6) is -0.308. The summed E-state index contributed by atoms with van der Waals surface area (Å²) >= 11 is 1.47. The lowest BCUT2D eigenvalue weighted by molar-refractivity contribution is 0.0952. The zero-order valence-electron chi connectivity index (χ0n) is 13.8. The van der Waals surface area contributed by atoms with Crippen LogP contribution < -0.4 is 10.6 Å². The molecule has 2 N–H and O–H groups in total. The van der Waals surface area contributed by atoms with Gasteiger partial charge in [0.05, 0.1) is 16.1 Å². The highest BCUT2D eigenvalue weighted by molar-refractivity contribution is 7.21. The number of hydrogen-bond acceptors (Lipinski definition) is 3. The van der Waals surface area contributed by atoms with Crippen molar-refractivity contribution in [1.29, 1.82) is 0 Å². The third kappa shape index (κ3) is 3.15. The molecule has 0 unspecified atom stereocenters. The average molecular weight is 350 g/mol. The Bertz CT molecular complexity index is 973. The first-order valence-corrected chi connectivity index (χ1v) is 9.14. The maximum absolute atomic E-state index is 12.8. The number of thiophene rings is 1. The van der Waals surface area contributed by atoms with Gasteiger partial charge in [0, 0.05) is 10.7 Å². The minimum atomic E-state index is -0.176. The molecular weight excluding hydrogens is 332 g/mol. The van der Waals surface area contributed by atoms with Crippen molar-refractivity contribution < 1.29 is 9.59 Å². The number of nitrogens with one attached hydrogen (secondary N) is 2.